The number of hydrogen-bond donors (Lipinski definition) is 2. The lowest BCUT2D eigenvalue weighted by molar-refractivity contribution is -0.207. The van der Waals surface area contributed by atoms with Crippen molar-refractivity contribution in [2.24, 2.45) is 0 Å². The maximum absolute atomic E-state index is 13.1. The fourth-order valence-corrected chi connectivity index (χ4v) is 4.19. The number of aliphatic hydroxyl groups is 1. The van der Waals surface area contributed by atoms with E-state index >= 15 is 0 Å². The summed E-state index contributed by atoms with van der Waals surface area (Å²) >= 11 is 5.93. The van der Waals surface area contributed by atoms with Crippen LogP contribution in [0.25, 0.3) is 17.1 Å². The molecule has 1 atom stereocenters. The molecule has 5 rings (SSSR count). The molecule has 2 N–H and O–H groups in total. The normalized spacial score (nSPS) is 12.3. The van der Waals surface area contributed by atoms with Gasteiger partial charge in [0.25, 0.3) is 5.91 Å². The highest BCUT2D eigenvalue weighted by atomic mass is 35.5. The van der Waals surface area contributed by atoms with E-state index in [1.807, 2.05) is 0 Å². The highest BCUT2D eigenvalue weighted by Gasteiger charge is 2.39. The van der Waals surface area contributed by atoms with Crippen LogP contribution in [0.5, 0.6) is 0 Å². The minimum absolute atomic E-state index is 0.101. The van der Waals surface area contributed by atoms with E-state index in [1.165, 1.54) is 35.3 Å². The smallest absolute Gasteiger partial charge is 0.382 e. The van der Waals surface area contributed by atoms with Crippen molar-refractivity contribution < 1.29 is 23.1 Å². The third-order valence-corrected chi connectivity index (χ3v) is 6.44. The summed E-state index contributed by atoms with van der Waals surface area (Å²) in [6, 6.07) is 16.2. The summed E-state index contributed by atoms with van der Waals surface area (Å²) in [6.45, 7) is -1.08. The van der Waals surface area contributed by atoms with Crippen molar-refractivity contribution in [3.63, 3.8) is 0 Å². The first-order chi connectivity index (χ1) is 20.1. The van der Waals surface area contributed by atoms with Gasteiger partial charge in [-0.05, 0) is 54.1 Å². The van der Waals surface area contributed by atoms with Crippen molar-refractivity contribution in [1.82, 2.24) is 39.4 Å². The van der Waals surface area contributed by atoms with Crippen LogP contribution in [-0.4, -0.2) is 57.4 Å². The quantitative estimate of drug-likeness (QED) is 0.266. The number of para-hydroxylation sites is 1. The van der Waals surface area contributed by atoms with Crippen molar-refractivity contribution in [2.45, 2.75) is 31.9 Å². The van der Waals surface area contributed by atoms with Gasteiger partial charge in [-0.1, -0.05) is 23.7 Å². The van der Waals surface area contributed by atoms with Gasteiger partial charge in [-0.2, -0.15) is 13.2 Å². The van der Waals surface area contributed by atoms with E-state index in [0.29, 0.717) is 21.8 Å². The van der Waals surface area contributed by atoms with Crippen molar-refractivity contribution in [2.75, 3.05) is 0 Å². The number of carbonyl (C=O) groups is 1. The first kappa shape index (κ1) is 28.7. The van der Waals surface area contributed by atoms with Crippen LogP contribution in [0.4, 0.5) is 13.2 Å². The van der Waals surface area contributed by atoms with Gasteiger partial charge in [-0.25, -0.2) is 19.1 Å². The molecule has 5 aromatic rings. The summed E-state index contributed by atoms with van der Waals surface area (Å²) in [5.41, 5.74) is 1.00. The van der Waals surface area contributed by atoms with E-state index in [-0.39, 0.29) is 30.6 Å². The third kappa shape index (κ3) is 6.39. The molecule has 0 bridgehead atoms. The number of carbonyl (C=O) groups excluding carboxylic acids is 1. The molecule has 1 amide bonds. The Hall–Kier alpha value is -4.82. The predicted octanol–water partition coefficient (Wildman–Crippen LogP) is 3.24. The monoisotopic (exact) mass is 598 g/mol. The number of pyridine rings is 1. The summed E-state index contributed by atoms with van der Waals surface area (Å²) in [7, 11) is 0. The zero-order valence-electron chi connectivity index (χ0n) is 21.6. The molecule has 2 aromatic carbocycles. The Morgan fingerprint density at radius 1 is 1.02 bits per heavy atom. The number of aliphatic hydroxyl groups excluding tert-OH is 1. The largest absolute Gasteiger partial charge is 0.416 e. The van der Waals surface area contributed by atoms with Crippen molar-refractivity contribution >= 4 is 17.5 Å². The number of hydrogen-bond acceptors (Lipinski definition) is 7. The molecular weight excluding hydrogens is 577 g/mol. The Labute approximate surface area is 240 Å². The molecule has 0 saturated heterocycles. The number of halogens is 4. The third-order valence-electron chi connectivity index (χ3n) is 6.19. The van der Waals surface area contributed by atoms with E-state index in [9.17, 15) is 27.9 Å². The molecule has 0 aliphatic rings. The van der Waals surface area contributed by atoms with E-state index in [1.54, 1.807) is 48.8 Å². The Bertz CT molecular complexity index is 1750. The highest BCUT2D eigenvalue weighted by molar-refractivity contribution is 6.30. The molecule has 0 aliphatic heterocycles. The lowest BCUT2D eigenvalue weighted by Gasteiger charge is -2.15. The van der Waals surface area contributed by atoms with Gasteiger partial charge < -0.3 is 10.4 Å². The van der Waals surface area contributed by atoms with Crippen LogP contribution in [0.3, 0.4) is 0 Å². The van der Waals surface area contributed by atoms with Gasteiger partial charge in [0.2, 0.25) is 0 Å². The SMILES string of the molecule is O=C(NCc1ccncc1)c1ccccc1-n1cnc(Cn2nc(-c3ccc(Cl)cc3)n(C[C@H](O)C(F)(F)F)c2=O)n1. The van der Waals surface area contributed by atoms with Gasteiger partial charge in [0, 0.05) is 29.5 Å². The number of benzene rings is 2. The molecule has 0 aliphatic carbocycles. The Morgan fingerprint density at radius 2 is 1.74 bits per heavy atom. The molecule has 0 saturated carbocycles. The molecule has 11 nitrogen and oxygen atoms in total. The number of nitrogens with zero attached hydrogens (tertiary/aromatic N) is 7. The average Bonchev–Trinajstić information content (AvgIpc) is 3.57. The second-order valence-electron chi connectivity index (χ2n) is 9.10. The fraction of sp³-hybridized carbons (Fsp3) is 0.185. The topological polar surface area (TPSA) is 133 Å². The van der Waals surface area contributed by atoms with Gasteiger partial charge >= 0.3 is 11.9 Å². The summed E-state index contributed by atoms with van der Waals surface area (Å²) in [5, 5.41) is 21.5. The number of alkyl halides is 3. The fourth-order valence-electron chi connectivity index (χ4n) is 4.06. The molecular formula is C27H22ClF3N8O3. The number of rotatable bonds is 9. The molecule has 0 radical (unpaired) electrons. The second kappa shape index (κ2) is 12.0. The number of aromatic nitrogens is 7. The highest BCUT2D eigenvalue weighted by Crippen LogP contribution is 2.24. The van der Waals surface area contributed by atoms with Crippen LogP contribution in [-0.2, 0) is 19.6 Å². The summed E-state index contributed by atoms with van der Waals surface area (Å²) in [6.07, 6.45) is -3.15. The minimum atomic E-state index is -4.95. The summed E-state index contributed by atoms with van der Waals surface area (Å²) in [5.74, 6) is -0.353. The molecule has 3 aromatic heterocycles. The lowest BCUT2D eigenvalue weighted by Crippen LogP contribution is -2.37. The van der Waals surface area contributed by atoms with Crippen LogP contribution >= 0.6 is 11.6 Å². The molecule has 15 heteroatoms. The Balaban J connectivity index is 1.41. The molecule has 0 spiro atoms. The second-order valence-corrected chi connectivity index (χ2v) is 9.54. The van der Waals surface area contributed by atoms with Crippen LogP contribution in [0.2, 0.25) is 5.02 Å². The Morgan fingerprint density at radius 3 is 2.45 bits per heavy atom. The summed E-state index contributed by atoms with van der Waals surface area (Å²) in [4.78, 5) is 34.3. The molecule has 0 unspecified atom stereocenters. The van der Waals surface area contributed by atoms with Crippen molar-refractivity contribution in [3.05, 3.63) is 112 Å². The molecule has 3 heterocycles. The zero-order chi connectivity index (χ0) is 29.9. The van der Waals surface area contributed by atoms with Crippen LogP contribution < -0.4 is 11.0 Å². The first-order valence-electron chi connectivity index (χ1n) is 12.5. The standard InChI is InChI=1S/C27H22ClF3N8O3/c28-19-7-5-18(6-8-19)24-36-38(26(42)37(24)14-22(40)27(29,30)31)15-23-34-16-39(35-23)21-4-2-1-3-20(21)25(41)33-13-17-9-11-32-12-10-17/h1-12,16,22,40H,13-15H2,(H,33,41)/t22-/m0/s1. The summed E-state index contributed by atoms with van der Waals surface area (Å²) < 4.78 is 42.4. The van der Waals surface area contributed by atoms with Crippen molar-refractivity contribution in [1.29, 1.82) is 0 Å². The van der Waals surface area contributed by atoms with E-state index < -0.39 is 24.5 Å². The van der Waals surface area contributed by atoms with Crippen LogP contribution in [0.15, 0.2) is 84.2 Å². The van der Waals surface area contributed by atoms with Crippen molar-refractivity contribution in [3.8, 4) is 17.1 Å². The average molecular weight is 599 g/mol. The van der Waals surface area contributed by atoms with Crippen LogP contribution in [0, 0.1) is 0 Å². The van der Waals surface area contributed by atoms with Gasteiger partial charge in [0.05, 0.1) is 17.8 Å². The lowest BCUT2D eigenvalue weighted by atomic mass is 10.1. The maximum Gasteiger partial charge on any atom is 0.416 e. The van der Waals surface area contributed by atoms with Gasteiger partial charge in [-0.15, -0.1) is 10.2 Å². The van der Waals surface area contributed by atoms with Crippen LogP contribution in [0.1, 0.15) is 21.7 Å². The van der Waals surface area contributed by atoms with E-state index in [4.69, 9.17) is 11.6 Å². The Kier molecular flexibility index (Phi) is 8.17. The number of nitrogens with one attached hydrogen (secondary N) is 1. The zero-order valence-corrected chi connectivity index (χ0v) is 22.4. The van der Waals surface area contributed by atoms with Gasteiger partial charge in [0.15, 0.2) is 17.8 Å². The number of amides is 1. The first-order valence-corrected chi connectivity index (χ1v) is 12.8. The maximum atomic E-state index is 13.1. The van der Waals surface area contributed by atoms with E-state index in [0.717, 1.165) is 14.8 Å². The molecule has 0 fully saturated rings. The van der Waals surface area contributed by atoms with E-state index in [2.05, 4.69) is 25.5 Å². The molecule has 42 heavy (non-hydrogen) atoms. The molecule has 216 valence electrons. The predicted molar refractivity (Wildman–Crippen MR) is 145 cm³/mol. The van der Waals surface area contributed by atoms with Gasteiger partial charge in [-0.3, -0.25) is 14.3 Å². The van der Waals surface area contributed by atoms with Gasteiger partial charge in [0.1, 0.15) is 12.9 Å². The minimum Gasteiger partial charge on any atom is -0.382 e.